The van der Waals surface area contributed by atoms with Crippen LogP contribution in [-0.4, -0.2) is 21.8 Å². The molecule has 3 nitrogen and oxygen atoms in total. The standard InChI is InChI=1S/C13H21NO2S2/c1-8(2)6-17-7-9-14-11(13(3,4)5)10(18-9)12(15)16/h8H,6-7H2,1-5H3,(H,15,16). The van der Waals surface area contributed by atoms with Crippen molar-refractivity contribution in [2.24, 2.45) is 5.92 Å². The second-order valence-corrected chi connectivity index (χ2v) is 7.86. The molecule has 0 aromatic carbocycles. The Labute approximate surface area is 117 Å². The van der Waals surface area contributed by atoms with Crippen molar-refractivity contribution in [1.82, 2.24) is 4.98 Å². The molecular formula is C13H21NO2S2. The van der Waals surface area contributed by atoms with E-state index in [4.69, 9.17) is 0 Å². The molecule has 0 radical (unpaired) electrons. The van der Waals surface area contributed by atoms with Gasteiger partial charge in [0.2, 0.25) is 0 Å². The van der Waals surface area contributed by atoms with Gasteiger partial charge in [-0.25, -0.2) is 9.78 Å². The Hall–Kier alpha value is -0.550. The van der Waals surface area contributed by atoms with E-state index < -0.39 is 5.97 Å². The number of thiazole rings is 1. The van der Waals surface area contributed by atoms with E-state index in [1.54, 1.807) is 0 Å². The molecule has 0 saturated carbocycles. The quantitative estimate of drug-likeness (QED) is 0.888. The summed E-state index contributed by atoms with van der Waals surface area (Å²) in [7, 11) is 0. The van der Waals surface area contributed by atoms with E-state index in [2.05, 4.69) is 18.8 Å². The van der Waals surface area contributed by atoms with Crippen LogP contribution in [0, 0.1) is 5.92 Å². The number of aromatic nitrogens is 1. The first-order valence-electron chi connectivity index (χ1n) is 6.03. The molecule has 1 N–H and O–H groups in total. The molecule has 0 unspecified atom stereocenters. The maximum atomic E-state index is 11.2. The van der Waals surface area contributed by atoms with Crippen LogP contribution in [0.1, 0.15) is 55.0 Å². The molecule has 0 aliphatic carbocycles. The fourth-order valence-electron chi connectivity index (χ4n) is 1.46. The van der Waals surface area contributed by atoms with Gasteiger partial charge < -0.3 is 5.11 Å². The number of aromatic carboxylic acids is 1. The largest absolute Gasteiger partial charge is 0.477 e. The number of hydrogen-bond acceptors (Lipinski definition) is 4. The van der Waals surface area contributed by atoms with E-state index in [0.29, 0.717) is 16.5 Å². The number of carboxylic acids is 1. The number of hydrogen-bond donors (Lipinski definition) is 1. The fourth-order valence-corrected chi connectivity index (χ4v) is 3.68. The van der Waals surface area contributed by atoms with Gasteiger partial charge in [0.25, 0.3) is 0 Å². The van der Waals surface area contributed by atoms with Crippen LogP contribution < -0.4 is 0 Å². The molecule has 5 heteroatoms. The summed E-state index contributed by atoms with van der Waals surface area (Å²) in [6.07, 6.45) is 0. The van der Waals surface area contributed by atoms with Crippen LogP contribution in [0.2, 0.25) is 0 Å². The third-order valence-corrected chi connectivity index (χ3v) is 4.86. The average molecular weight is 287 g/mol. The lowest BCUT2D eigenvalue weighted by Crippen LogP contribution is -2.16. The molecule has 0 aliphatic rings. The Kier molecular flexibility index (Phi) is 5.22. The number of nitrogens with zero attached hydrogens (tertiary/aromatic N) is 1. The predicted octanol–water partition coefficient (Wildman–Crippen LogP) is 4.03. The zero-order chi connectivity index (χ0) is 13.9. The second-order valence-electron chi connectivity index (χ2n) is 5.75. The van der Waals surface area contributed by atoms with Crippen LogP contribution in [0.4, 0.5) is 0 Å². The van der Waals surface area contributed by atoms with Crippen LogP contribution >= 0.6 is 23.1 Å². The van der Waals surface area contributed by atoms with Gasteiger partial charge in [-0.2, -0.15) is 11.8 Å². The maximum absolute atomic E-state index is 11.2. The Bertz CT molecular complexity index is 419. The lowest BCUT2D eigenvalue weighted by atomic mass is 9.91. The van der Waals surface area contributed by atoms with Gasteiger partial charge in [-0.3, -0.25) is 0 Å². The summed E-state index contributed by atoms with van der Waals surface area (Å²) < 4.78 is 0. The van der Waals surface area contributed by atoms with Gasteiger partial charge in [0.1, 0.15) is 9.88 Å². The number of rotatable bonds is 5. The molecular weight excluding hydrogens is 266 g/mol. The van der Waals surface area contributed by atoms with Crippen LogP contribution in [0.15, 0.2) is 0 Å². The molecule has 0 atom stereocenters. The van der Waals surface area contributed by atoms with Crippen molar-refractivity contribution in [2.45, 2.75) is 45.8 Å². The van der Waals surface area contributed by atoms with E-state index in [1.165, 1.54) is 11.3 Å². The summed E-state index contributed by atoms with van der Waals surface area (Å²) >= 11 is 3.13. The van der Waals surface area contributed by atoms with Gasteiger partial charge in [0, 0.05) is 11.2 Å². The van der Waals surface area contributed by atoms with Crippen molar-refractivity contribution in [1.29, 1.82) is 0 Å². The molecule has 0 aliphatic heterocycles. The smallest absolute Gasteiger partial charge is 0.347 e. The molecule has 1 heterocycles. The zero-order valence-electron chi connectivity index (χ0n) is 11.6. The van der Waals surface area contributed by atoms with Gasteiger partial charge in [0.15, 0.2) is 0 Å². The van der Waals surface area contributed by atoms with Crippen LogP contribution in [0.25, 0.3) is 0 Å². The molecule has 102 valence electrons. The molecule has 1 aromatic heterocycles. The average Bonchev–Trinajstić information content (AvgIpc) is 2.60. The molecule has 1 rings (SSSR count). The SMILES string of the molecule is CC(C)CSCc1nc(C(C)(C)C)c(C(=O)O)s1. The lowest BCUT2D eigenvalue weighted by Gasteiger charge is -2.16. The molecule has 0 amide bonds. The fraction of sp³-hybridized carbons (Fsp3) is 0.692. The number of thioether (sulfide) groups is 1. The highest BCUT2D eigenvalue weighted by atomic mass is 32.2. The van der Waals surface area contributed by atoms with Crippen molar-refractivity contribution >= 4 is 29.1 Å². The predicted molar refractivity (Wildman–Crippen MR) is 78.8 cm³/mol. The first kappa shape index (κ1) is 15.5. The number of carbonyl (C=O) groups is 1. The normalized spacial score (nSPS) is 12.1. The Morgan fingerprint density at radius 2 is 2.06 bits per heavy atom. The van der Waals surface area contributed by atoms with Crippen molar-refractivity contribution in [3.05, 3.63) is 15.6 Å². The van der Waals surface area contributed by atoms with Crippen molar-refractivity contribution in [3.63, 3.8) is 0 Å². The Balaban J connectivity index is 2.86. The molecule has 0 fully saturated rings. The highest BCUT2D eigenvalue weighted by molar-refractivity contribution is 7.98. The summed E-state index contributed by atoms with van der Waals surface area (Å²) in [5.41, 5.74) is 0.491. The minimum Gasteiger partial charge on any atom is -0.477 e. The van der Waals surface area contributed by atoms with Crippen molar-refractivity contribution in [3.8, 4) is 0 Å². The highest BCUT2D eigenvalue weighted by Crippen LogP contribution is 2.31. The van der Waals surface area contributed by atoms with E-state index in [-0.39, 0.29) is 5.41 Å². The molecule has 0 saturated heterocycles. The van der Waals surface area contributed by atoms with E-state index in [1.807, 2.05) is 32.5 Å². The van der Waals surface area contributed by atoms with E-state index in [9.17, 15) is 9.90 Å². The molecule has 0 spiro atoms. The summed E-state index contributed by atoms with van der Waals surface area (Å²) in [5, 5.41) is 10.1. The molecule has 1 aromatic rings. The molecule has 0 bridgehead atoms. The van der Waals surface area contributed by atoms with Crippen LogP contribution in [0.3, 0.4) is 0 Å². The van der Waals surface area contributed by atoms with E-state index >= 15 is 0 Å². The first-order valence-corrected chi connectivity index (χ1v) is 8.00. The van der Waals surface area contributed by atoms with E-state index in [0.717, 1.165) is 16.5 Å². The lowest BCUT2D eigenvalue weighted by molar-refractivity contribution is 0.0699. The van der Waals surface area contributed by atoms with Crippen molar-refractivity contribution < 1.29 is 9.90 Å². The first-order chi connectivity index (χ1) is 8.21. The third-order valence-electron chi connectivity index (χ3n) is 2.25. The third kappa shape index (κ3) is 4.28. The Morgan fingerprint density at radius 1 is 1.44 bits per heavy atom. The summed E-state index contributed by atoms with van der Waals surface area (Å²) in [6.45, 7) is 10.4. The monoisotopic (exact) mass is 287 g/mol. The summed E-state index contributed by atoms with van der Waals surface area (Å²) in [6, 6.07) is 0. The van der Waals surface area contributed by atoms with Gasteiger partial charge in [-0.1, -0.05) is 34.6 Å². The molecule has 18 heavy (non-hydrogen) atoms. The second kappa shape index (κ2) is 6.06. The van der Waals surface area contributed by atoms with Crippen LogP contribution in [0.5, 0.6) is 0 Å². The highest BCUT2D eigenvalue weighted by Gasteiger charge is 2.26. The summed E-state index contributed by atoms with van der Waals surface area (Å²) in [5.74, 6) is 1.67. The summed E-state index contributed by atoms with van der Waals surface area (Å²) in [4.78, 5) is 16.1. The number of carboxylic acid groups (broad SMARTS) is 1. The van der Waals surface area contributed by atoms with Gasteiger partial charge in [0.05, 0.1) is 5.69 Å². The van der Waals surface area contributed by atoms with Crippen LogP contribution in [-0.2, 0) is 11.2 Å². The maximum Gasteiger partial charge on any atom is 0.347 e. The minimum atomic E-state index is -0.863. The Morgan fingerprint density at radius 3 is 2.44 bits per heavy atom. The topological polar surface area (TPSA) is 50.2 Å². The van der Waals surface area contributed by atoms with Gasteiger partial charge >= 0.3 is 5.97 Å². The zero-order valence-corrected chi connectivity index (χ0v) is 13.2. The van der Waals surface area contributed by atoms with Crippen molar-refractivity contribution in [2.75, 3.05) is 5.75 Å². The van der Waals surface area contributed by atoms with Gasteiger partial charge in [-0.05, 0) is 11.7 Å². The van der Waals surface area contributed by atoms with Gasteiger partial charge in [-0.15, -0.1) is 11.3 Å². The minimum absolute atomic E-state index is 0.217.